The molecule has 0 spiro atoms. The first-order valence-electron chi connectivity index (χ1n) is 9.73. The van der Waals surface area contributed by atoms with Gasteiger partial charge in [-0.1, -0.05) is 23.7 Å². The van der Waals surface area contributed by atoms with E-state index in [4.69, 9.17) is 25.8 Å². The molecule has 0 radical (unpaired) electrons. The fourth-order valence-corrected chi connectivity index (χ4v) is 3.45. The highest BCUT2D eigenvalue weighted by Gasteiger charge is 2.21. The average Bonchev–Trinajstić information content (AvgIpc) is 2.72. The summed E-state index contributed by atoms with van der Waals surface area (Å²) in [5.74, 6) is 1.34. The third-order valence-corrected chi connectivity index (χ3v) is 4.92. The van der Waals surface area contributed by atoms with Crippen molar-refractivity contribution in [2.24, 2.45) is 5.92 Å². The molecule has 6 nitrogen and oxygen atoms in total. The van der Waals surface area contributed by atoms with Gasteiger partial charge in [-0.15, -0.1) is 0 Å². The van der Waals surface area contributed by atoms with E-state index < -0.39 is 6.10 Å². The fraction of sp³-hybridized carbons (Fsp3) is 0.409. The Kier molecular flexibility index (Phi) is 7.75. The lowest BCUT2D eigenvalue weighted by Gasteiger charge is -2.26. The van der Waals surface area contributed by atoms with Gasteiger partial charge in [-0.3, -0.25) is 0 Å². The van der Waals surface area contributed by atoms with E-state index in [1.165, 1.54) is 0 Å². The van der Waals surface area contributed by atoms with E-state index in [0.29, 0.717) is 37.1 Å². The lowest BCUT2D eigenvalue weighted by atomic mass is 9.96. The molecule has 7 heteroatoms. The number of nitrogens with one attached hydrogen (secondary N) is 1. The van der Waals surface area contributed by atoms with Gasteiger partial charge in [0.05, 0.1) is 19.3 Å². The SMILES string of the molecule is CCOC(=O)COc1ccc2c(c1)CC(CNC[C@H](O)c1cccc(Cl)c1)CO2. The Hall–Kier alpha value is -2.28. The van der Waals surface area contributed by atoms with Crippen LogP contribution in [0.15, 0.2) is 42.5 Å². The molecular formula is C22H26ClNO5. The third-order valence-electron chi connectivity index (χ3n) is 4.68. The van der Waals surface area contributed by atoms with Crippen molar-refractivity contribution < 1.29 is 24.1 Å². The summed E-state index contributed by atoms with van der Waals surface area (Å²) in [6.45, 7) is 3.74. The molecule has 1 aliphatic heterocycles. The number of aliphatic hydroxyl groups is 1. The van der Waals surface area contributed by atoms with E-state index in [-0.39, 0.29) is 18.5 Å². The van der Waals surface area contributed by atoms with Crippen molar-refractivity contribution >= 4 is 17.6 Å². The van der Waals surface area contributed by atoms with Gasteiger partial charge in [0.15, 0.2) is 6.61 Å². The van der Waals surface area contributed by atoms with Gasteiger partial charge in [-0.25, -0.2) is 4.79 Å². The quantitative estimate of drug-likeness (QED) is 0.608. The van der Waals surface area contributed by atoms with Crippen LogP contribution in [0, 0.1) is 5.92 Å². The van der Waals surface area contributed by atoms with E-state index in [2.05, 4.69) is 5.32 Å². The number of benzene rings is 2. The van der Waals surface area contributed by atoms with Gasteiger partial charge in [0, 0.05) is 24.0 Å². The van der Waals surface area contributed by atoms with Gasteiger partial charge in [0.2, 0.25) is 0 Å². The molecule has 2 aromatic rings. The minimum Gasteiger partial charge on any atom is -0.493 e. The molecule has 156 valence electrons. The van der Waals surface area contributed by atoms with Gasteiger partial charge >= 0.3 is 5.97 Å². The highest BCUT2D eigenvalue weighted by Crippen LogP contribution is 2.30. The highest BCUT2D eigenvalue weighted by molar-refractivity contribution is 6.30. The standard InChI is InChI=1S/C22H26ClNO5/c1-2-27-22(26)14-28-19-6-7-21-17(10-19)8-15(13-29-21)11-24-12-20(25)16-4-3-5-18(23)9-16/h3-7,9-10,15,20,24-25H,2,8,11-14H2,1H3/t15?,20-/m0/s1. The Balaban J connectivity index is 1.48. The fourth-order valence-electron chi connectivity index (χ4n) is 3.26. The van der Waals surface area contributed by atoms with E-state index in [9.17, 15) is 9.90 Å². The maximum Gasteiger partial charge on any atom is 0.344 e. The zero-order valence-electron chi connectivity index (χ0n) is 16.4. The summed E-state index contributed by atoms with van der Waals surface area (Å²) in [6, 6.07) is 12.8. The summed E-state index contributed by atoms with van der Waals surface area (Å²) < 4.78 is 16.2. The number of hydrogen-bond donors (Lipinski definition) is 2. The molecular weight excluding hydrogens is 394 g/mol. The Morgan fingerprint density at radius 1 is 1.34 bits per heavy atom. The van der Waals surface area contributed by atoms with Crippen LogP contribution in [0.25, 0.3) is 0 Å². The van der Waals surface area contributed by atoms with Crippen LogP contribution in [0.4, 0.5) is 0 Å². The smallest absolute Gasteiger partial charge is 0.344 e. The largest absolute Gasteiger partial charge is 0.493 e. The first-order chi connectivity index (χ1) is 14.0. The van der Waals surface area contributed by atoms with Gasteiger partial charge in [0.25, 0.3) is 0 Å². The van der Waals surface area contributed by atoms with Gasteiger partial charge in [-0.2, -0.15) is 0 Å². The second-order valence-electron chi connectivity index (χ2n) is 6.97. The average molecular weight is 420 g/mol. The van der Waals surface area contributed by atoms with E-state index >= 15 is 0 Å². The van der Waals surface area contributed by atoms with Gasteiger partial charge < -0.3 is 24.6 Å². The molecule has 1 aliphatic rings. The van der Waals surface area contributed by atoms with Crippen molar-refractivity contribution in [2.75, 3.05) is 32.9 Å². The van der Waals surface area contributed by atoms with Crippen molar-refractivity contribution in [3.8, 4) is 11.5 Å². The lowest BCUT2D eigenvalue weighted by molar-refractivity contribution is -0.145. The van der Waals surface area contributed by atoms with E-state index in [1.54, 1.807) is 25.1 Å². The zero-order chi connectivity index (χ0) is 20.6. The summed E-state index contributed by atoms with van der Waals surface area (Å²) in [5.41, 5.74) is 1.83. The van der Waals surface area contributed by atoms with E-state index in [0.717, 1.165) is 23.3 Å². The van der Waals surface area contributed by atoms with Crippen molar-refractivity contribution in [1.29, 1.82) is 0 Å². The number of carbonyl (C=O) groups is 1. The molecule has 0 aromatic heterocycles. The molecule has 0 saturated carbocycles. The molecule has 2 aromatic carbocycles. The van der Waals surface area contributed by atoms with Crippen LogP contribution in [0.1, 0.15) is 24.2 Å². The predicted octanol–water partition coefficient (Wildman–Crippen LogP) is 3.16. The van der Waals surface area contributed by atoms with Crippen LogP contribution in [0.3, 0.4) is 0 Å². The molecule has 2 atom stereocenters. The van der Waals surface area contributed by atoms with Crippen molar-refractivity contribution in [1.82, 2.24) is 5.32 Å². The maximum absolute atomic E-state index is 11.4. The Bertz CT molecular complexity index is 829. The van der Waals surface area contributed by atoms with Crippen LogP contribution in [0.5, 0.6) is 11.5 Å². The number of fused-ring (bicyclic) bond motifs is 1. The summed E-state index contributed by atoms with van der Waals surface area (Å²) in [7, 11) is 0. The molecule has 0 aliphatic carbocycles. The second kappa shape index (κ2) is 10.5. The molecule has 1 heterocycles. The van der Waals surface area contributed by atoms with Crippen LogP contribution in [0.2, 0.25) is 5.02 Å². The summed E-state index contributed by atoms with van der Waals surface area (Å²) >= 11 is 5.98. The third kappa shape index (κ3) is 6.35. The molecule has 0 fully saturated rings. The Morgan fingerprint density at radius 2 is 2.21 bits per heavy atom. The van der Waals surface area contributed by atoms with E-state index in [1.807, 2.05) is 24.3 Å². The number of esters is 1. The van der Waals surface area contributed by atoms with Crippen molar-refractivity contribution in [3.05, 3.63) is 58.6 Å². The second-order valence-corrected chi connectivity index (χ2v) is 7.41. The molecule has 0 bridgehead atoms. The number of hydrogen-bond acceptors (Lipinski definition) is 6. The molecule has 29 heavy (non-hydrogen) atoms. The van der Waals surface area contributed by atoms with Crippen LogP contribution >= 0.6 is 11.6 Å². The molecule has 0 saturated heterocycles. The molecule has 2 N–H and O–H groups in total. The summed E-state index contributed by atoms with van der Waals surface area (Å²) in [6.07, 6.45) is 0.208. The minimum atomic E-state index is -0.617. The van der Waals surface area contributed by atoms with Crippen LogP contribution in [-0.2, 0) is 16.0 Å². The first-order valence-corrected chi connectivity index (χ1v) is 10.1. The monoisotopic (exact) mass is 419 g/mol. The number of carbonyl (C=O) groups excluding carboxylic acids is 1. The lowest BCUT2D eigenvalue weighted by Crippen LogP contribution is -2.33. The van der Waals surface area contributed by atoms with Crippen LogP contribution in [-0.4, -0.2) is 44.0 Å². The zero-order valence-corrected chi connectivity index (χ0v) is 17.2. The summed E-state index contributed by atoms with van der Waals surface area (Å²) in [5, 5.41) is 14.2. The number of ether oxygens (including phenoxy) is 3. The molecule has 1 unspecified atom stereocenters. The first kappa shape index (κ1) is 21.4. The predicted molar refractivity (Wildman–Crippen MR) is 111 cm³/mol. The Labute approximate surface area is 175 Å². The molecule has 3 rings (SSSR count). The normalized spacial score (nSPS) is 16.4. The molecule has 0 amide bonds. The van der Waals surface area contributed by atoms with Crippen molar-refractivity contribution in [2.45, 2.75) is 19.4 Å². The van der Waals surface area contributed by atoms with Gasteiger partial charge in [0.1, 0.15) is 11.5 Å². The maximum atomic E-state index is 11.4. The van der Waals surface area contributed by atoms with Crippen molar-refractivity contribution in [3.63, 3.8) is 0 Å². The number of halogens is 1. The number of aliphatic hydroxyl groups excluding tert-OH is 1. The topological polar surface area (TPSA) is 77.0 Å². The van der Waals surface area contributed by atoms with Gasteiger partial charge in [-0.05, 0) is 54.8 Å². The highest BCUT2D eigenvalue weighted by atomic mass is 35.5. The summed E-state index contributed by atoms with van der Waals surface area (Å²) in [4.78, 5) is 11.4. The minimum absolute atomic E-state index is 0.111. The van der Waals surface area contributed by atoms with Crippen LogP contribution < -0.4 is 14.8 Å². The Morgan fingerprint density at radius 3 is 3.00 bits per heavy atom. The number of rotatable bonds is 9.